The first-order chi connectivity index (χ1) is 27.0. The summed E-state index contributed by atoms with van der Waals surface area (Å²) < 4.78 is 93.4. The standard InChI is InChI=1S/C42H49F4N5O3Si/c1-23(2)55(24(3)4,25(5)6)15-10-29-33(44)9-8-26-16-28(52)17-30(34(26)29)37-36(46)38-31(19-47-37)40(51-13-14-53-21-32-35(45)39(32)51)49-41(48-38)54-22-42-11-7-12-50(42)20-27(43)18-42/h8-9,16-17,19,23-25,27,32,35,39,52H,7,11-14,18,20-22H2,1-6H3/t27-,32+,35+,39+,42+/m1/s1/i22D2. The molecular weight excluding hydrogens is 727 g/mol. The van der Waals surface area contributed by atoms with Gasteiger partial charge in [-0.25, -0.2) is 17.6 Å². The fraction of sp³-hybridized carbons (Fsp3) is 0.548. The zero-order chi connectivity index (χ0) is 40.8. The van der Waals surface area contributed by atoms with Crippen molar-refractivity contribution in [1.29, 1.82) is 0 Å². The summed E-state index contributed by atoms with van der Waals surface area (Å²) in [6.45, 7) is 11.7. The number of benzene rings is 2. The maximum absolute atomic E-state index is 17.4. The Balaban J connectivity index is 1.33. The molecule has 0 unspecified atom stereocenters. The van der Waals surface area contributed by atoms with Crippen molar-refractivity contribution in [2.24, 2.45) is 5.92 Å². The smallest absolute Gasteiger partial charge is 0.319 e. The average molecular weight is 778 g/mol. The van der Waals surface area contributed by atoms with E-state index in [0.29, 0.717) is 24.8 Å². The Kier molecular flexibility index (Phi) is 9.14. The normalized spacial score (nSPS) is 26.2. The van der Waals surface area contributed by atoms with E-state index in [0.717, 1.165) is 0 Å². The number of fused-ring (bicyclic) bond motifs is 4. The third-order valence-electron chi connectivity index (χ3n) is 12.6. The number of aromatic nitrogens is 3. The minimum absolute atomic E-state index is 0.0599. The van der Waals surface area contributed by atoms with Gasteiger partial charge in [0.2, 0.25) is 0 Å². The fourth-order valence-electron chi connectivity index (χ4n) is 9.90. The highest BCUT2D eigenvalue weighted by Gasteiger charge is 2.56. The number of halogens is 4. The molecule has 4 aromatic rings. The molecule has 13 heteroatoms. The van der Waals surface area contributed by atoms with Crippen molar-refractivity contribution in [2.45, 2.75) is 101 Å². The van der Waals surface area contributed by atoms with Crippen LogP contribution in [0.3, 0.4) is 0 Å². The lowest BCUT2D eigenvalue weighted by Gasteiger charge is -2.38. The molecule has 0 bridgehead atoms. The Hall–Kier alpha value is -3.99. The Bertz CT molecular complexity index is 2290. The molecule has 8 nitrogen and oxygen atoms in total. The van der Waals surface area contributed by atoms with Gasteiger partial charge in [-0.3, -0.25) is 9.88 Å². The van der Waals surface area contributed by atoms with Crippen molar-refractivity contribution in [3.05, 3.63) is 47.7 Å². The number of hydrogen-bond acceptors (Lipinski definition) is 8. The van der Waals surface area contributed by atoms with Crippen molar-refractivity contribution in [3.8, 4) is 34.5 Å². The van der Waals surface area contributed by atoms with Crippen LogP contribution in [0.4, 0.5) is 23.4 Å². The highest BCUT2D eigenvalue weighted by atomic mass is 28.3. The van der Waals surface area contributed by atoms with Crippen LogP contribution in [0.1, 0.15) is 69.1 Å². The SMILES string of the molecule is [2H]C([2H])(Oc1nc(N2CCOC[C@H]3[C@H](F)[C@H]32)c2cnc(-c3cc(O)cc4ccc(F)c(C#C[Si](C(C)C)(C(C)C)C(C)C)c34)c(F)c2n1)[C@@]12CCCN1C[C@H](F)C2. The molecule has 8 rings (SSSR count). The van der Waals surface area contributed by atoms with Crippen LogP contribution in [-0.2, 0) is 4.74 Å². The van der Waals surface area contributed by atoms with E-state index in [4.69, 9.17) is 12.2 Å². The number of phenols is 1. The summed E-state index contributed by atoms with van der Waals surface area (Å²) in [4.78, 5) is 17.0. The zero-order valence-electron chi connectivity index (χ0n) is 34.1. The van der Waals surface area contributed by atoms with Gasteiger partial charge in [0.25, 0.3) is 0 Å². The first kappa shape index (κ1) is 35.4. The summed E-state index contributed by atoms with van der Waals surface area (Å²) in [6, 6.07) is 4.44. The number of phenolic OH excluding ortho intramolecular Hbond substituents is 1. The number of hydrogen-bond donors (Lipinski definition) is 1. The van der Waals surface area contributed by atoms with E-state index in [9.17, 15) is 9.50 Å². The van der Waals surface area contributed by atoms with Gasteiger partial charge in [0, 0.05) is 42.6 Å². The molecule has 55 heavy (non-hydrogen) atoms. The summed E-state index contributed by atoms with van der Waals surface area (Å²) in [6.07, 6.45) is -0.203. The maximum Gasteiger partial charge on any atom is 0.319 e. The van der Waals surface area contributed by atoms with Crippen LogP contribution >= 0.6 is 0 Å². The molecule has 3 aliphatic heterocycles. The Labute approximate surface area is 323 Å². The minimum atomic E-state index is -2.48. The molecular formula is C42H49F4N5O3Si. The molecule has 5 atom stereocenters. The Morgan fingerprint density at radius 1 is 1.09 bits per heavy atom. The first-order valence-electron chi connectivity index (χ1n) is 20.4. The summed E-state index contributed by atoms with van der Waals surface area (Å²) in [5, 5.41) is 11.7. The van der Waals surface area contributed by atoms with E-state index in [-0.39, 0.29) is 94.0 Å². The monoisotopic (exact) mass is 777 g/mol. The number of alkyl halides is 2. The lowest BCUT2D eigenvalue weighted by atomic mass is 9.95. The number of anilines is 1. The number of nitrogens with zero attached hydrogens (tertiary/aromatic N) is 5. The molecule has 2 aromatic carbocycles. The molecule has 2 aromatic heterocycles. The van der Waals surface area contributed by atoms with Gasteiger partial charge < -0.3 is 19.5 Å². The van der Waals surface area contributed by atoms with Gasteiger partial charge in [-0.2, -0.15) is 9.97 Å². The molecule has 1 saturated carbocycles. The lowest BCUT2D eigenvalue weighted by molar-refractivity contribution is 0.107. The summed E-state index contributed by atoms with van der Waals surface area (Å²) in [5.41, 5.74) is 2.66. The number of pyridine rings is 1. The van der Waals surface area contributed by atoms with Crippen LogP contribution in [0.5, 0.6) is 11.8 Å². The first-order valence-corrected chi connectivity index (χ1v) is 21.7. The van der Waals surface area contributed by atoms with Crippen molar-refractivity contribution in [2.75, 3.05) is 44.3 Å². The van der Waals surface area contributed by atoms with E-state index in [1.807, 2.05) is 0 Å². The minimum Gasteiger partial charge on any atom is -0.508 e. The van der Waals surface area contributed by atoms with Gasteiger partial charge in [0.05, 0.1) is 38.5 Å². The lowest BCUT2D eigenvalue weighted by Crippen LogP contribution is -2.43. The predicted molar refractivity (Wildman–Crippen MR) is 209 cm³/mol. The highest BCUT2D eigenvalue weighted by Crippen LogP contribution is 2.46. The molecule has 4 aliphatic rings. The molecule has 3 saturated heterocycles. The second kappa shape index (κ2) is 14.2. The predicted octanol–water partition coefficient (Wildman–Crippen LogP) is 8.53. The Morgan fingerprint density at radius 3 is 2.60 bits per heavy atom. The quantitative estimate of drug-likeness (QED) is 0.108. The second-order valence-corrected chi connectivity index (χ2v) is 22.2. The third kappa shape index (κ3) is 6.32. The third-order valence-corrected chi connectivity index (χ3v) is 18.9. The van der Waals surface area contributed by atoms with E-state index in [1.54, 1.807) is 9.80 Å². The Morgan fingerprint density at radius 2 is 1.85 bits per heavy atom. The van der Waals surface area contributed by atoms with Gasteiger partial charge >= 0.3 is 6.01 Å². The van der Waals surface area contributed by atoms with Crippen LogP contribution in [0.15, 0.2) is 30.5 Å². The fourth-order valence-corrected chi connectivity index (χ4v) is 15.1. The van der Waals surface area contributed by atoms with E-state index >= 15 is 13.2 Å². The molecule has 0 radical (unpaired) electrons. The van der Waals surface area contributed by atoms with E-state index in [1.165, 1.54) is 30.5 Å². The number of ether oxygens (including phenoxy) is 2. The van der Waals surface area contributed by atoms with Gasteiger partial charge in [0.1, 0.15) is 55.6 Å². The molecule has 5 heterocycles. The van der Waals surface area contributed by atoms with Crippen molar-refractivity contribution in [1.82, 2.24) is 19.9 Å². The van der Waals surface area contributed by atoms with Gasteiger partial charge in [-0.15, -0.1) is 5.54 Å². The summed E-state index contributed by atoms with van der Waals surface area (Å²) in [5.74, 6) is 1.10. The molecule has 1 aliphatic carbocycles. The van der Waals surface area contributed by atoms with Gasteiger partial charge in [-0.05, 0) is 59.6 Å². The molecule has 4 fully saturated rings. The molecule has 292 valence electrons. The number of aromatic hydroxyl groups is 1. The van der Waals surface area contributed by atoms with Crippen LogP contribution < -0.4 is 9.64 Å². The van der Waals surface area contributed by atoms with Gasteiger partial charge in [-0.1, -0.05) is 53.5 Å². The van der Waals surface area contributed by atoms with Crippen LogP contribution in [-0.4, -0.2) is 96.4 Å². The molecule has 0 amide bonds. The number of rotatable bonds is 8. The second-order valence-electron chi connectivity index (χ2n) is 16.6. The van der Waals surface area contributed by atoms with Crippen molar-refractivity contribution in [3.63, 3.8) is 0 Å². The summed E-state index contributed by atoms with van der Waals surface area (Å²) in [7, 11) is -2.35. The molecule has 1 N–H and O–H groups in total. The van der Waals surface area contributed by atoms with Crippen molar-refractivity contribution < 1.29 is 34.9 Å². The van der Waals surface area contributed by atoms with E-state index in [2.05, 4.69) is 68.0 Å². The van der Waals surface area contributed by atoms with Crippen LogP contribution in [0.2, 0.25) is 16.6 Å². The highest BCUT2D eigenvalue weighted by molar-refractivity contribution is 6.90. The topological polar surface area (TPSA) is 83.8 Å². The summed E-state index contributed by atoms with van der Waals surface area (Å²) >= 11 is 0. The zero-order valence-corrected chi connectivity index (χ0v) is 33.1. The van der Waals surface area contributed by atoms with Gasteiger partial charge in [0.15, 0.2) is 5.82 Å². The average Bonchev–Trinajstić information content (AvgIpc) is 3.50. The van der Waals surface area contributed by atoms with E-state index < -0.39 is 62.1 Å². The largest absolute Gasteiger partial charge is 0.508 e. The molecule has 0 spiro atoms. The van der Waals surface area contributed by atoms with Crippen molar-refractivity contribution >= 4 is 35.6 Å². The maximum atomic E-state index is 17.4. The van der Waals surface area contributed by atoms with Crippen LogP contribution in [0, 0.1) is 29.0 Å². The van der Waals surface area contributed by atoms with Crippen LogP contribution in [0.25, 0.3) is 32.9 Å².